The van der Waals surface area contributed by atoms with Crippen LogP contribution >= 0.6 is 31.2 Å². The summed E-state index contributed by atoms with van der Waals surface area (Å²) in [5.41, 5.74) is 1.35. The zero-order valence-electron chi connectivity index (χ0n) is 13.6. The molecule has 2 N–H and O–H groups in total. The molecule has 1 saturated heterocycles. The second kappa shape index (κ2) is 9.66. The van der Waals surface area contributed by atoms with Gasteiger partial charge in [0.25, 0.3) is 0 Å². The second-order valence-electron chi connectivity index (χ2n) is 6.01. The second-order valence-corrected chi connectivity index (χ2v) is 10.3. The van der Waals surface area contributed by atoms with Gasteiger partial charge < -0.3 is 0 Å². The molecule has 2 heterocycles. The molecule has 8 heteroatoms. The van der Waals surface area contributed by atoms with Gasteiger partial charge in [-0.3, -0.25) is 0 Å². The third-order valence-corrected chi connectivity index (χ3v) is 5.95. The Hall–Kier alpha value is 0.250. The van der Waals surface area contributed by atoms with E-state index in [1.165, 1.54) is 17.7 Å². The molecule has 134 valence electrons. The minimum atomic E-state index is -3.75. The molecule has 2 atom stereocenters. The van der Waals surface area contributed by atoms with Gasteiger partial charge in [-0.25, -0.2) is 0 Å². The van der Waals surface area contributed by atoms with Crippen molar-refractivity contribution in [1.82, 2.24) is 4.90 Å². The Morgan fingerprint density at radius 1 is 1.43 bits per heavy atom. The summed E-state index contributed by atoms with van der Waals surface area (Å²) in [4.78, 5) is 20.7. The summed E-state index contributed by atoms with van der Waals surface area (Å²) < 4.78 is 11.0. The van der Waals surface area contributed by atoms with Crippen molar-refractivity contribution in [3.05, 3.63) is 23.9 Å². The number of nitrogens with zero attached hydrogens (tertiary/aromatic N) is 1. The average molecular weight is 382 g/mol. The topological polar surface area (TPSA) is 62.2 Å². The first-order chi connectivity index (χ1) is 10.9. The van der Waals surface area contributed by atoms with Crippen molar-refractivity contribution >= 4 is 31.2 Å². The fraction of sp³-hybridized carbons (Fsp3) is 0.733. The standard InChI is InChI=1S/C15H28NO4PS2/c1-13-10-16(8-4-2-3-5-9-23-12-13)15-7-6-14(20-15)11-19-21(17,18)22/h2,4,10,14-15,17-18,21-22H,3,5-9,11-12H2,1H3/b4-2+,13-10+. The van der Waals surface area contributed by atoms with Crippen LogP contribution in [-0.2, 0) is 9.26 Å². The van der Waals surface area contributed by atoms with Gasteiger partial charge in [0.2, 0.25) is 0 Å². The van der Waals surface area contributed by atoms with Crippen LogP contribution in [0.1, 0.15) is 32.6 Å². The third kappa shape index (κ3) is 7.78. The van der Waals surface area contributed by atoms with Crippen LogP contribution in [0.3, 0.4) is 0 Å². The molecule has 0 spiro atoms. The van der Waals surface area contributed by atoms with E-state index < -0.39 is 7.15 Å². The van der Waals surface area contributed by atoms with E-state index in [0.717, 1.165) is 31.6 Å². The fourth-order valence-corrected chi connectivity index (χ4v) is 4.23. The average Bonchev–Trinajstić information content (AvgIpc) is 2.92. The van der Waals surface area contributed by atoms with E-state index >= 15 is 0 Å². The van der Waals surface area contributed by atoms with E-state index in [0.29, 0.717) is 0 Å². The number of thiol groups is 1. The molecule has 0 saturated carbocycles. The molecule has 0 aromatic carbocycles. The number of thioether (sulfide) groups is 1. The zero-order valence-corrected chi connectivity index (χ0v) is 16.3. The van der Waals surface area contributed by atoms with Gasteiger partial charge in [0.05, 0.1) is 0 Å². The minimum absolute atomic E-state index is 0.0160. The monoisotopic (exact) mass is 381 g/mol. The van der Waals surface area contributed by atoms with Crippen molar-refractivity contribution < 1.29 is 19.0 Å². The Bertz CT molecular complexity index is 428. The summed E-state index contributed by atoms with van der Waals surface area (Å²) in [6.45, 7) is 3.18. The van der Waals surface area contributed by atoms with Gasteiger partial charge in [-0.15, -0.1) is 0 Å². The molecular weight excluding hydrogens is 353 g/mol. The first-order valence-electron chi connectivity index (χ1n) is 8.06. The van der Waals surface area contributed by atoms with E-state index in [1.807, 2.05) is 11.8 Å². The summed E-state index contributed by atoms with van der Waals surface area (Å²) in [5, 5.41) is 0. The maximum absolute atomic E-state index is 9.23. The molecule has 0 bridgehead atoms. The van der Waals surface area contributed by atoms with Crippen LogP contribution in [0.15, 0.2) is 23.9 Å². The van der Waals surface area contributed by atoms with Crippen LogP contribution in [-0.4, -0.2) is 51.7 Å². The molecule has 0 aliphatic carbocycles. The SMILES string of the molecule is C/C1=C\N(C2CCC(CO[PH](O)(O)S)O2)C/C=C/CCCSC1. The number of ether oxygens (including phenoxy) is 1. The van der Waals surface area contributed by atoms with Crippen LogP contribution in [0.2, 0.25) is 0 Å². The molecule has 2 aliphatic heterocycles. The van der Waals surface area contributed by atoms with Crippen LogP contribution in [0.5, 0.6) is 0 Å². The fourth-order valence-electron chi connectivity index (χ4n) is 2.68. The first-order valence-corrected chi connectivity index (χ1v) is 12.3. The maximum atomic E-state index is 9.23. The molecule has 23 heavy (non-hydrogen) atoms. The Morgan fingerprint density at radius 2 is 2.26 bits per heavy atom. The van der Waals surface area contributed by atoms with Crippen LogP contribution in [0, 0.1) is 0 Å². The summed E-state index contributed by atoms with van der Waals surface area (Å²) >= 11 is 5.64. The van der Waals surface area contributed by atoms with E-state index in [-0.39, 0.29) is 18.9 Å². The van der Waals surface area contributed by atoms with E-state index in [1.54, 1.807) is 0 Å². The third-order valence-electron chi connectivity index (χ3n) is 3.78. The molecule has 2 rings (SSSR count). The Morgan fingerprint density at radius 3 is 3.04 bits per heavy atom. The number of rotatable bonds is 4. The molecule has 0 aromatic rings. The van der Waals surface area contributed by atoms with Gasteiger partial charge in [0, 0.05) is 0 Å². The molecule has 0 radical (unpaired) electrons. The van der Waals surface area contributed by atoms with Crippen LogP contribution in [0.4, 0.5) is 0 Å². The van der Waals surface area contributed by atoms with Gasteiger partial charge in [-0.1, -0.05) is 0 Å². The van der Waals surface area contributed by atoms with Gasteiger partial charge in [-0.05, 0) is 0 Å². The summed E-state index contributed by atoms with van der Waals surface area (Å²) in [6, 6.07) is 0. The van der Waals surface area contributed by atoms with Crippen LogP contribution in [0.25, 0.3) is 0 Å². The molecule has 2 unspecified atom stereocenters. The Balaban J connectivity index is 1.91. The summed E-state index contributed by atoms with van der Waals surface area (Å²) in [5.74, 6) is 2.26. The molecule has 1 fully saturated rings. The van der Waals surface area contributed by atoms with E-state index in [2.05, 4.69) is 42.4 Å². The van der Waals surface area contributed by atoms with Crippen LogP contribution < -0.4 is 0 Å². The summed E-state index contributed by atoms with van der Waals surface area (Å²) in [6.07, 6.45) is 10.7. The number of allylic oxidation sites excluding steroid dienone is 1. The molecule has 2 aliphatic rings. The van der Waals surface area contributed by atoms with E-state index in [4.69, 9.17) is 9.26 Å². The van der Waals surface area contributed by atoms with Crippen molar-refractivity contribution in [1.29, 1.82) is 0 Å². The van der Waals surface area contributed by atoms with Crippen molar-refractivity contribution in [2.75, 3.05) is 24.7 Å². The summed E-state index contributed by atoms with van der Waals surface area (Å²) in [7, 11) is -3.75. The Labute approximate surface area is 148 Å². The van der Waals surface area contributed by atoms with Crippen molar-refractivity contribution in [3.8, 4) is 0 Å². The zero-order chi connectivity index (χ0) is 16.7. The number of hydrogen-bond donors (Lipinski definition) is 3. The van der Waals surface area contributed by atoms with Gasteiger partial charge in [0.1, 0.15) is 0 Å². The first kappa shape index (κ1) is 19.6. The van der Waals surface area contributed by atoms with Gasteiger partial charge in [-0.2, -0.15) is 0 Å². The molecule has 0 amide bonds. The molecule has 5 nitrogen and oxygen atoms in total. The van der Waals surface area contributed by atoms with Crippen molar-refractivity contribution in [3.63, 3.8) is 0 Å². The molecule has 0 aromatic heterocycles. The van der Waals surface area contributed by atoms with Crippen molar-refractivity contribution in [2.45, 2.75) is 44.9 Å². The number of hydrogen-bond acceptors (Lipinski definition) is 7. The Kier molecular flexibility index (Phi) is 8.22. The van der Waals surface area contributed by atoms with E-state index in [9.17, 15) is 9.79 Å². The predicted octanol–water partition coefficient (Wildman–Crippen LogP) is 3.12. The quantitative estimate of drug-likeness (QED) is 0.395. The van der Waals surface area contributed by atoms with Gasteiger partial charge in [0.15, 0.2) is 0 Å². The predicted molar refractivity (Wildman–Crippen MR) is 102 cm³/mol. The van der Waals surface area contributed by atoms with Gasteiger partial charge >= 0.3 is 149 Å². The normalized spacial score (nSPS) is 32.0. The van der Waals surface area contributed by atoms with Crippen molar-refractivity contribution in [2.24, 2.45) is 0 Å². The molecular formula is C15H28NO4PS2.